The summed E-state index contributed by atoms with van der Waals surface area (Å²) < 4.78 is 0. The third-order valence-corrected chi connectivity index (χ3v) is 20.3. The van der Waals surface area contributed by atoms with Crippen LogP contribution in [0.15, 0.2) is 358 Å². The van der Waals surface area contributed by atoms with Gasteiger partial charge in [0.1, 0.15) is 11.4 Å². The molecule has 0 spiro atoms. The van der Waals surface area contributed by atoms with Crippen molar-refractivity contribution in [3.63, 3.8) is 0 Å². The Hall–Kier alpha value is -13.5. The van der Waals surface area contributed by atoms with Crippen LogP contribution in [0, 0.1) is 0 Å². The van der Waals surface area contributed by atoms with E-state index in [1.54, 1.807) is 0 Å². The second kappa shape index (κ2) is 23.1. The van der Waals surface area contributed by atoms with Gasteiger partial charge in [-0.25, -0.2) is 15.0 Å². The van der Waals surface area contributed by atoms with E-state index in [2.05, 4.69) is 378 Å². The third-order valence-electron chi connectivity index (χ3n) is 20.3. The van der Waals surface area contributed by atoms with E-state index in [-0.39, 0.29) is 0 Å². The normalized spacial score (nSPS) is 12.5. The fourth-order valence-electron chi connectivity index (χ4n) is 16.0. The van der Waals surface area contributed by atoms with Crippen molar-refractivity contribution in [3.05, 3.63) is 358 Å². The third kappa shape index (κ3) is 8.82. The van der Waals surface area contributed by atoms with Crippen molar-refractivity contribution in [2.24, 2.45) is 0 Å². The van der Waals surface area contributed by atoms with Gasteiger partial charge in [0, 0.05) is 55.6 Å². The van der Waals surface area contributed by atoms with Gasteiger partial charge in [-0.2, -0.15) is 0 Å². The Kier molecular flexibility index (Phi) is 13.1. The molecule has 466 valence electrons. The Morgan fingerprint density at radius 3 is 0.650 bits per heavy atom. The SMILES string of the molecule is c1ccc(-c2cc(-c3c(N4c5ccccc5-c5ccccc5-c5ccccc54)c(N4c5ccccc5-c5ccccc5-c5ccccc54)nc(N4c5ccccc5-c5ccccc5-c5ccccc54)c3N3c4ccccc4-c4ccccc4-c4ccccc43)nc(-c3ccccc3)n2)cc1. The van der Waals surface area contributed by atoms with Crippen LogP contribution in [0.1, 0.15) is 0 Å². The van der Waals surface area contributed by atoms with Crippen molar-refractivity contribution in [1.29, 1.82) is 0 Å². The summed E-state index contributed by atoms with van der Waals surface area (Å²) in [4.78, 5) is 28.8. The summed E-state index contributed by atoms with van der Waals surface area (Å²) in [6.45, 7) is 0. The van der Waals surface area contributed by atoms with Gasteiger partial charge in [0.05, 0.1) is 62.5 Å². The zero-order valence-electron chi connectivity index (χ0n) is 54.2. The molecule has 0 aliphatic carbocycles. The van der Waals surface area contributed by atoms with Crippen LogP contribution < -0.4 is 19.6 Å². The van der Waals surface area contributed by atoms with E-state index in [1.807, 2.05) is 0 Å². The smallest absolute Gasteiger partial charge is 0.165 e. The second-order valence-corrected chi connectivity index (χ2v) is 25.7. The molecule has 0 N–H and O–H groups in total. The van der Waals surface area contributed by atoms with Crippen LogP contribution in [0.3, 0.4) is 0 Å². The van der Waals surface area contributed by atoms with Crippen LogP contribution >= 0.6 is 0 Å². The number of fused-ring (bicyclic) bond motifs is 20. The van der Waals surface area contributed by atoms with Crippen LogP contribution in [-0.2, 0) is 0 Å². The minimum atomic E-state index is 0.573. The number of nitrogens with zero attached hydrogens (tertiary/aromatic N) is 7. The summed E-state index contributed by atoms with van der Waals surface area (Å²) in [6.07, 6.45) is 0. The first kappa shape index (κ1) is 56.8. The molecule has 0 amide bonds. The number of pyridine rings is 1. The molecule has 16 aromatic rings. The summed E-state index contributed by atoms with van der Waals surface area (Å²) >= 11 is 0. The fraction of sp³-hybridized carbons (Fsp3) is 0. The van der Waals surface area contributed by atoms with Gasteiger partial charge >= 0.3 is 0 Å². The molecule has 0 unspecified atom stereocenters. The van der Waals surface area contributed by atoms with Crippen LogP contribution in [-0.4, -0.2) is 15.0 Å². The Morgan fingerprint density at radius 1 is 0.170 bits per heavy atom. The zero-order chi connectivity index (χ0) is 65.8. The largest absolute Gasteiger partial charge is 0.305 e. The van der Waals surface area contributed by atoms with E-state index < -0.39 is 0 Å². The van der Waals surface area contributed by atoms with Gasteiger partial charge < -0.3 is 9.80 Å². The van der Waals surface area contributed by atoms with Crippen LogP contribution in [0.5, 0.6) is 0 Å². The minimum absolute atomic E-state index is 0.573. The number of hydrogen-bond donors (Lipinski definition) is 0. The molecule has 4 aliphatic heterocycles. The lowest BCUT2D eigenvalue weighted by molar-refractivity contribution is 1.10. The average Bonchev–Trinajstić information content (AvgIpc) is 1.30. The lowest BCUT2D eigenvalue weighted by atomic mass is 9.95. The number of para-hydroxylation sites is 8. The molecule has 0 fully saturated rings. The molecule has 0 saturated heterocycles. The highest BCUT2D eigenvalue weighted by Gasteiger charge is 2.43. The molecule has 7 heteroatoms. The first-order chi connectivity index (χ1) is 49.7. The monoisotopic (exact) mass is 1270 g/mol. The Balaban J connectivity index is 1.08. The lowest BCUT2D eigenvalue weighted by Crippen LogP contribution is -2.25. The molecular formula is C93H59N7. The number of rotatable bonds is 7. The van der Waals surface area contributed by atoms with Crippen molar-refractivity contribution in [3.8, 4) is 123 Å². The van der Waals surface area contributed by atoms with E-state index >= 15 is 0 Å². The maximum absolute atomic E-state index is 6.90. The Bertz CT molecular complexity index is 5360. The van der Waals surface area contributed by atoms with E-state index in [0.717, 1.165) is 168 Å². The van der Waals surface area contributed by atoms with E-state index in [9.17, 15) is 0 Å². The summed E-state index contributed by atoms with van der Waals surface area (Å²) in [5, 5.41) is 0. The summed E-state index contributed by atoms with van der Waals surface area (Å²) in [5.41, 5.74) is 30.8. The molecule has 14 aromatic carbocycles. The first-order valence-electron chi connectivity index (χ1n) is 34.1. The maximum Gasteiger partial charge on any atom is 0.165 e. The molecule has 0 bridgehead atoms. The summed E-state index contributed by atoms with van der Waals surface area (Å²) in [5.74, 6) is 1.90. The van der Waals surface area contributed by atoms with Crippen LogP contribution in [0.4, 0.5) is 68.5 Å². The first-order valence-corrected chi connectivity index (χ1v) is 34.1. The van der Waals surface area contributed by atoms with Gasteiger partial charge in [-0.1, -0.05) is 303 Å². The van der Waals surface area contributed by atoms with Crippen molar-refractivity contribution in [2.45, 2.75) is 0 Å². The molecule has 0 saturated carbocycles. The van der Waals surface area contributed by atoms with Gasteiger partial charge in [0.15, 0.2) is 17.5 Å². The van der Waals surface area contributed by atoms with Crippen molar-refractivity contribution < 1.29 is 0 Å². The molecule has 100 heavy (non-hydrogen) atoms. The summed E-state index contributed by atoms with van der Waals surface area (Å²) in [6, 6.07) is 130. The maximum atomic E-state index is 6.90. The quantitative estimate of drug-likeness (QED) is 0.158. The molecule has 7 nitrogen and oxygen atoms in total. The standard InChI is InChI=1S/C93H59N7/c1-3-31-60(32-4-1)78-59-79(95-91(94-78)61-33-5-2-6-34-61)88-89(97-80-51-23-15-43-70(80)62-35-7-8-36-63(62)71-44-16-24-52-81(71)97)92(99-84-55-27-19-47-74(84)66-39-11-12-40-67(66)75-48-20-28-56-85(75)99)96-93(100-86-57-29-21-49-76(86)68-41-13-14-42-69(68)77-50-22-30-58-87(77)100)90(88)98-82-53-25-17-45-72(82)64-37-9-10-38-65(64)73-46-18-26-54-83(73)98/h1-59H. The minimum Gasteiger partial charge on any atom is -0.305 e. The predicted molar refractivity (Wildman–Crippen MR) is 413 cm³/mol. The van der Waals surface area contributed by atoms with Crippen LogP contribution in [0.2, 0.25) is 0 Å². The van der Waals surface area contributed by atoms with Gasteiger partial charge in [0.25, 0.3) is 0 Å². The molecule has 0 atom stereocenters. The number of benzene rings is 14. The van der Waals surface area contributed by atoms with E-state index in [1.165, 1.54) is 0 Å². The second-order valence-electron chi connectivity index (χ2n) is 25.7. The highest BCUT2D eigenvalue weighted by molar-refractivity contribution is 6.17. The molecule has 4 aliphatic rings. The lowest BCUT2D eigenvalue weighted by Gasteiger charge is -2.40. The van der Waals surface area contributed by atoms with Crippen molar-refractivity contribution in [1.82, 2.24) is 15.0 Å². The Labute approximate surface area is 580 Å². The predicted octanol–water partition coefficient (Wildman–Crippen LogP) is 25.3. The molecule has 20 rings (SSSR count). The fourth-order valence-corrected chi connectivity index (χ4v) is 16.0. The molecule has 0 radical (unpaired) electrons. The van der Waals surface area contributed by atoms with Crippen molar-refractivity contribution >= 4 is 68.5 Å². The van der Waals surface area contributed by atoms with Crippen LogP contribution in [0.25, 0.3) is 123 Å². The van der Waals surface area contributed by atoms with Gasteiger partial charge in [-0.05, 0) is 99.1 Å². The van der Waals surface area contributed by atoms with Gasteiger partial charge in [0.2, 0.25) is 0 Å². The topological polar surface area (TPSA) is 51.6 Å². The number of hydrogen-bond acceptors (Lipinski definition) is 7. The molecule has 6 heterocycles. The molecule has 2 aromatic heterocycles. The Morgan fingerprint density at radius 2 is 0.380 bits per heavy atom. The number of anilines is 12. The highest BCUT2D eigenvalue weighted by Crippen LogP contribution is 2.66. The summed E-state index contributed by atoms with van der Waals surface area (Å²) in [7, 11) is 0. The van der Waals surface area contributed by atoms with Gasteiger partial charge in [-0.3, -0.25) is 9.80 Å². The zero-order valence-corrected chi connectivity index (χ0v) is 54.2. The van der Waals surface area contributed by atoms with Crippen molar-refractivity contribution in [2.75, 3.05) is 19.6 Å². The van der Waals surface area contributed by atoms with E-state index in [0.29, 0.717) is 23.2 Å². The number of aromatic nitrogens is 3. The average molecular weight is 1270 g/mol. The van der Waals surface area contributed by atoms with E-state index in [4.69, 9.17) is 15.0 Å². The molecular weight excluding hydrogens is 1220 g/mol. The highest BCUT2D eigenvalue weighted by atomic mass is 15.3. The van der Waals surface area contributed by atoms with Gasteiger partial charge in [-0.15, -0.1) is 0 Å².